The number of hydrogen-bond acceptors (Lipinski definition) is 5. The van der Waals surface area contributed by atoms with Crippen LogP contribution in [-0.2, 0) is 10.8 Å². The van der Waals surface area contributed by atoms with Crippen molar-refractivity contribution in [1.82, 2.24) is 0 Å². The summed E-state index contributed by atoms with van der Waals surface area (Å²) in [5.41, 5.74) is 1.39. The first-order chi connectivity index (χ1) is 12.9. The molecule has 0 heterocycles. The first-order valence-corrected chi connectivity index (χ1v) is 9.46. The molecule has 4 N–H and O–H groups in total. The first kappa shape index (κ1) is 23.6. The van der Waals surface area contributed by atoms with Crippen molar-refractivity contribution in [2.75, 3.05) is 13.2 Å². The van der Waals surface area contributed by atoms with Gasteiger partial charge in [0.15, 0.2) is 0 Å². The summed E-state index contributed by atoms with van der Waals surface area (Å²) in [7, 11) is 0. The van der Waals surface area contributed by atoms with Gasteiger partial charge >= 0.3 is 0 Å². The molecule has 0 fully saturated rings. The van der Waals surface area contributed by atoms with E-state index < -0.39 is 0 Å². The first-order valence-electron chi connectivity index (χ1n) is 9.46. The summed E-state index contributed by atoms with van der Waals surface area (Å²) >= 11 is 0. The number of hydrogen-bond donors (Lipinski definition) is 4. The molecule has 0 unspecified atom stereocenters. The third-order valence-corrected chi connectivity index (χ3v) is 4.14. The molecule has 0 amide bonds. The number of ether oxygens (including phenoxy) is 1. The van der Waals surface area contributed by atoms with Crippen molar-refractivity contribution in [3.05, 3.63) is 47.5 Å². The molecule has 0 saturated carbocycles. The minimum Gasteiger partial charge on any atom is -0.508 e. The van der Waals surface area contributed by atoms with Crippen molar-refractivity contribution < 1.29 is 25.2 Å². The SMILES string of the molecule is CC(C)(C)c1cc(O)ccc1O.CC(C)(C)c1cc(OCCCO)ccc1O. The molecule has 0 aliphatic heterocycles. The Labute approximate surface area is 168 Å². The summed E-state index contributed by atoms with van der Waals surface area (Å²) in [5, 5.41) is 37.0. The molecule has 0 radical (unpaired) electrons. The lowest BCUT2D eigenvalue weighted by molar-refractivity contribution is 0.233. The van der Waals surface area contributed by atoms with Gasteiger partial charge < -0.3 is 25.2 Å². The van der Waals surface area contributed by atoms with Gasteiger partial charge in [0.1, 0.15) is 23.0 Å². The molecule has 5 nitrogen and oxygen atoms in total. The van der Waals surface area contributed by atoms with Gasteiger partial charge in [-0.1, -0.05) is 41.5 Å². The minimum absolute atomic E-state index is 0.111. The minimum atomic E-state index is -0.136. The van der Waals surface area contributed by atoms with E-state index in [9.17, 15) is 15.3 Å². The van der Waals surface area contributed by atoms with Gasteiger partial charge in [-0.25, -0.2) is 0 Å². The van der Waals surface area contributed by atoms with Crippen LogP contribution in [0, 0.1) is 0 Å². The Balaban J connectivity index is 0.000000292. The number of benzene rings is 2. The van der Waals surface area contributed by atoms with Crippen molar-refractivity contribution in [3.8, 4) is 23.0 Å². The number of aliphatic hydroxyl groups excluding tert-OH is 1. The highest BCUT2D eigenvalue weighted by Crippen LogP contribution is 2.34. The molecule has 2 rings (SSSR count). The second-order valence-electron chi connectivity index (χ2n) is 8.81. The summed E-state index contributed by atoms with van der Waals surface area (Å²) in [4.78, 5) is 0. The summed E-state index contributed by atoms with van der Waals surface area (Å²) in [6.07, 6.45) is 0.617. The standard InChI is InChI=1S/C13H20O3.C10H14O2/c1-13(2,3)11-9-10(5-6-12(11)15)16-8-4-7-14;1-10(2,3)8-6-7(11)4-5-9(8)12/h5-6,9,14-15H,4,7-8H2,1-3H3;4-6,11-12H,1-3H3. The van der Waals surface area contributed by atoms with Gasteiger partial charge in [0.2, 0.25) is 0 Å². The Morgan fingerprint density at radius 2 is 1.25 bits per heavy atom. The molecule has 0 atom stereocenters. The van der Waals surface area contributed by atoms with Gasteiger partial charge in [0.25, 0.3) is 0 Å². The molecule has 156 valence electrons. The van der Waals surface area contributed by atoms with Gasteiger partial charge in [0.05, 0.1) is 6.61 Å². The number of rotatable bonds is 4. The van der Waals surface area contributed by atoms with Crippen LogP contribution in [0.5, 0.6) is 23.0 Å². The van der Waals surface area contributed by atoms with Gasteiger partial charge in [0, 0.05) is 24.2 Å². The lowest BCUT2D eigenvalue weighted by Crippen LogP contribution is -2.11. The molecule has 0 aromatic heterocycles. The fourth-order valence-corrected chi connectivity index (χ4v) is 2.58. The van der Waals surface area contributed by atoms with Gasteiger partial charge in [-0.3, -0.25) is 0 Å². The average molecular weight is 391 g/mol. The summed E-state index contributed by atoms with van der Waals surface area (Å²) in [5.74, 6) is 1.45. The van der Waals surface area contributed by atoms with E-state index in [0.29, 0.717) is 18.8 Å². The van der Waals surface area contributed by atoms with E-state index in [1.54, 1.807) is 18.2 Å². The van der Waals surface area contributed by atoms with Gasteiger partial charge in [-0.15, -0.1) is 0 Å². The number of phenolic OH excluding ortho intramolecular Hbond substituents is 3. The summed E-state index contributed by atoms with van der Waals surface area (Å²) < 4.78 is 5.47. The van der Waals surface area contributed by atoms with Crippen LogP contribution in [0.1, 0.15) is 59.1 Å². The zero-order valence-electron chi connectivity index (χ0n) is 17.8. The van der Waals surface area contributed by atoms with E-state index in [0.717, 1.165) is 16.9 Å². The van der Waals surface area contributed by atoms with E-state index in [1.807, 2.05) is 47.6 Å². The van der Waals surface area contributed by atoms with Gasteiger partial charge in [-0.05, 0) is 47.2 Å². The fraction of sp³-hybridized carbons (Fsp3) is 0.478. The lowest BCUT2D eigenvalue weighted by atomic mass is 9.86. The Hall–Kier alpha value is -2.40. The zero-order chi connectivity index (χ0) is 21.5. The maximum Gasteiger partial charge on any atom is 0.119 e. The van der Waals surface area contributed by atoms with Crippen molar-refractivity contribution >= 4 is 0 Å². The highest BCUT2D eigenvalue weighted by Gasteiger charge is 2.19. The molecular weight excluding hydrogens is 356 g/mol. The van der Waals surface area contributed by atoms with Crippen LogP contribution in [0.25, 0.3) is 0 Å². The van der Waals surface area contributed by atoms with Gasteiger partial charge in [-0.2, -0.15) is 0 Å². The third-order valence-electron chi connectivity index (χ3n) is 4.14. The Morgan fingerprint density at radius 1 is 0.750 bits per heavy atom. The van der Waals surface area contributed by atoms with E-state index in [2.05, 4.69) is 0 Å². The summed E-state index contributed by atoms with van der Waals surface area (Å²) in [6.45, 7) is 12.7. The van der Waals surface area contributed by atoms with E-state index >= 15 is 0 Å². The van der Waals surface area contributed by atoms with Crippen molar-refractivity contribution in [1.29, 1.82) is 0 Å². The highest BCUT2D eigenvalue weighted by atomic mass is 16.5. The van der Waals surface area contributed by atoms with E-state index in [4.69, 9.17) is 9.84 Å². The van der Waals surface area contributed by atoms with Crippen molar-refractivity contribution in [2.24, 2.45) is 0 Å². The second kappa shape index (κ2) is 9.69. The molecule has 28 heavy (non-hydrogen) atoms. The number of aromatic hydroxyl groups is 3. The monoisotopic (exact) mass is 390 g/mol. The molecule has 0 aliphatic carbocycles. The number of phenols is 3. The van der Waals surface area contributed by atoms with Crippen LogP contribution in [0.2, 0.25) is 0 Å². The van der Waals surface area contributed by atoms with Crippen molar-refractivity contribution in [2.45, 2.75) is 58.8 Å². The van der Waals surface area contributed by atoms with Crippen LogP contribution in [0.3, 0.4) is 0 Å². The Bertz CT molecular complexity index is 755. The van der Waals surface area contributed by atoms with Crippen LogP contribution in [0.4, 0.5) is 0 Å². The van der Waals surface area contributed by atoms with Crippen LogP contribution in [0.15, 0.2) is 36.4 Å². The highest BCUT2D eigenvalue weighted by molar-refractivity contribution is 5.43. The normalized spacial score (nSPS) is 11.5. The van der Waals surface area contributed by atoms with Crippen LogP contribution in [-0.4, -0.2) is 33.6 Å². The zero-order valence-corrected chi connectivity index (χ0v) is 17.8. The van der Waals surface area contributed by atoms with Crippen LogP contribution < -0.4 is 4.74 Å². The summed E-state index contributed by atoms with van der Waals surface area (Å²) in [6, 6.07) is 9.82. The molecule has 0 bridgehead atoms. The lowest BCUT2D eigenvalue weighted by Gasteiger charge is -2.21. The molecule has 0 saturated heterocycles. The quantitative estimate of drug-likeness (QED) is 0.443. The number of aliphatic hydroxyl groups is 1. The second-order valence-corrected chi connectivity index (χ2v) is 8.81. The smallest absolute Gasteiger partial charge is 0.119 e. The topological polar surface area (TPSA) is 90.2 Å². The maximum absolute atomic E-state index is 9.75. The van der Waals surface area contributed by atoms with Crippen LogP contribution >= 0.6 is 0 Å². The molecule has 5 heteroatoms. The van der Waals surface area contributed by atoms with E-state index in [-0.39, 0.29) is 28.9 Å². The predicted octanol–water partition coefficient (Wildman–Crippen LogP) is 4.85. The van der Waals surface area contributed by atoms with Crippen molar-refractivity contribution in [3.63, 3.8) is 0 Å². The maximum atomic E-state index is 9.75. The Kier molecular flexibility index (Phi) is 8.18. The fourth-order valence-electron chi connectivity index (χ4n) is 2.58. The van der Waals surface area contributed by atoms with E-state index in [1.165, 1.54) is 12.1 Å². The molecular formula is C23H34O5. The molecule has 2 aromatic rings. The average Bonchev–Trinajstić information content (AvgIpc) is 2.57. The predicted molar refractivity (Wildman–Crippen MR) is 112 cm³/mol. The molecule has 2 aromatic carbocycles. The largest absolute Gasteiger partial charge is 0.508 e. The molecule has 0 spiro atoms. The third kappa shape index (κ3) is 7.31. The molecule has 0 aliphatic rings. The Morgan fingerprint density at radius 3 is 1.71 bits per heavy atom.